The Morgan fingerprint density at radius 2 is 2.20 bits per heavy atom. The fraction of sp³-hybridized carbons (Fsp3) is 0.583. The SMILES string of the molecule is COC(C)(C)CCn1ccc(C(C)=O)c1. The second-order valence-corrected chi connectivity index (χ2v) is 4.41. The van der Waals surface area contributed by atoms with Gasteiger partial charge in [-0.1, -0.05) is 0 Å². The Balaban J connectivity index is 2.55. The van der Waals surface area contributed by atoms with Crippen molar-refractivity contribution in [1.82, 2.24) is 4.57 Å². The highest BCUT2D eigenvalue weighted by molar-refractivity contribution is 5.93. The van der Waals surface area contributed by atoms with E-state index in [0.717, 1.165) is 18.5 Å². The highest BCUT2D eigenvalue weighted by atomic mass is 16.5. The van der Waals surface area contributed by atoms with E-state index in [1.165, 1.54) is 0 Å². The Kier molecular flexibility index (Phi) is 3.69. The Hall–Kier alpha value is -1.09. The third-order valence-corrected chi connectivity index (χ3v) is 2.68. The lowest BCUT2D eigenvalue weighted by Crippen LogP contribution is -2.24. The molecule has 3 heteroatoms. The van der Waals surface area contributed by atoms with Crippen LogP contribution in [-0.4, -0.2) is 23.1 Å². The maximum absolute atomic E-state index is 11.1. The molecule has 0 aliphatic carbocycles. The number of aryl methyl sites for hydroxylation is 1. The van der Waals surface area contributed by atoms with Gasteiger partial charge in [0, 0.05) is 31.6 Å². The van der Waals surface area contributed by atoms with E-state index in [1.54, 1.807) is 14.0 Å². The van der Waals surface area contributed by atoms with Gasteiger partial charge in [-0.2, -0.15) is 0 Å². The van der Waals surface area contributed by atoms with Crippen molar-refractivity contribution in [3.63, 3.8) is 0 Å². The summed E-state index contributed by atoms with van der Waals surface area (Å²) in [5, 5.41) is 0. The lowest BCUT2D eigenvalue weighted by molar-refractivity contribution is 0.0121. The molecule has 1 aromatic rings. The minimum absolute atomic E-state index is 0.110. The van der Waals surface area contributed by atoms with Crippen LogP contribution in [0.1, 0.15) is 37.6 Å². The topological polar surface area (TPSA) is 31.2 Å². The third-order valence-electron chi connectivity index (χ3n) is 2.68. The van der Waals surface area contributed by atoms with Gasteiger partial charge in [-0.05, 0) is 33.3 Å². The van der Waals surface area contributed by atoms with E-state index in [4.69, 9.17) is 4.74 Å². The summed E-state index contributed by atoms with van der Waals surface area (Å²) in [4.78, 5) is 11.1. The fourth-order valence-corrected chi connectivity index (χ4v) is 1.29. The van der Waals surface area contributed by atoms with Crippen LogP contribution in [0, 0.1) is 0 Å². The summed E-state index contributed by atoms with van der Waals surface area (Å²) in [6, 6.07) is 1.85. The van der Waals surface area contributed by atoms with Crippen LogP contribution in [0.4, 0.5) is 0 Å². The molecule has 0 atom stereocenters. The van der Waals surface area contributed by atoms with E-state index in [2.05, 4.69) is 13.8 Å². The summed E-state index contributed by atoms with van der Waals surface area (Å²) in [5.74, 6) is 0.111. The quantitative estimate of drug-likeness (QED) is 0.698. The standard InChI is InChI=1S/C12H19NO2/c1-10(14)11-5-7-13(9-11)8-6-12(2,3)15-4/h5,7,9H,6,8H2,1-4H3. The van der Waals surface area contributed by atoms with Gasteiger partial charge in [-0.15, -0.1) is 0 Å². The molecule has 1 heterocycles. The normalized spacial score (nSPS) is 11.7. The Bertz CT molecular complexity index is 339. The molecule has 84 valence electrons. The zero-order valence-electron chi connectivity index (χ0n) is 9.91. The molecule has 15 heavy (non-hydrogen) atoms. The molecule has 0 N–H and O–H groups in total. The van der Waals surface area contributed by atoms with Gasteiger partial charge in [0.1, 0.15) is 0 Å². The molecule has 0 spiro atoms. The minimum atomic E-state index is -0.110. The zero-order valence-corrected chi connectivity index (χ0v) is 9.91. The Morgan fingerprint density at radius 3 is 2.67 bits per heavy atom. The summed E-state index contributed by atoms with van der Waals surface area (Å²) < 4.78 is 7.36. The van der Waals surface area contributed by atoms with Gasteiger partial charge >= 0.3 is 0 Å². The lowest BCUT2D eigenvalue weighted by Gasteiger charge is -2.22. The van der Waals surface area contributed by atoms with Crippen molar-refractivity contribution in [3.05, 3.63) is 24.0 Å². The van der Waals surface area contributed by atoms with E-state index < -0.39 is 0 Å². The van der Waals surface area contributed by atoms with E-state index in [9.17, 15) is 4.79 Å². The predicted molar refractivity (Wildman–Crippen MR) is 60.1 cm³/mol. The number of hydrogen-bond acceptors (Lipinski definition) is 2. The molecular formula is C12H19NO2. The molecule has 0 amide bonds. The van der Waals surface area contributed by atoms with Crippen LogP contribution in [-0.2, 0) is 11.3 Å². The van der Waals surface area contributed by atoms with Crippen molar-refractivity contribution in [1.29, 1.82) is 0 Å². The largest absolute Gasteiger partial charge is 0.379 e. The van der Waals surface area contributed by atoms with Gasteiger partial charge in [-0.3, -0.25) is 4.79 Å². The number of methoxy groups -OCH3 is 1. The second kappa shape index (κ2) is 4.62. The Labute approximate surface area is 91.0 Å². The molecule has 0 bridgehead atoms. The molecule has 0 saturated heterocycles. The van der Waals surface area contributed by atoms with Crippen molar-refractivity contribution in [2.45, 2.75) is 39.3 Å². The average Bonchev–Trinajstić information content (AvgIpc) is 2.63. The summed E-state index contributed by atoms with van der Waals surface area (Å²) in [7, 11) is 1.72. The number of carbonyl (C=O) groups is 1. The molecule has 0 radical (unpaired) electrons. The first-order valence-corrected chi connectivity index (χ1v) is 5.16. The third kappa shape index (κ3) is 3.51. The number of ether oxygens (including phenoxy) is 1. The number of ketones is 1. The van der Waals surface area contributed by atoms with Crippen LogP contribution in [0.5, 0.6) is 0 Å². The van der Waals surface area contributed by atoms with Gasteiger partial charge in [-0.25, -0.2) is 0 Å². The van der Waals surface area contributed by atoms with Crippen molar-refractivity contribution in [3.8, 4) is 0 Å². The Morgan fingerprint density at radius 1 is 1.53 bits per heavy atom. The van der Waals surface area contributed by atoms with Gasteiger partial charge in [0.05, 0.1) is 5.60 Å². The van der Waals surface area contributed by atoms with Crippen molar-refractivity contribution in [2.75, 3.05) is 7.11 Å². The second-order valence-electron chi connectivity index (χ2n) is 4.41. The van der Waals surface area contributed by atoms with E-state index in [1.807, 2.05) is 23.0 Å². The summed E-state index contributed by atoms with van der Waals surface area (Å²) >= 11 is 0. The van der Waals surface area contributed by atoms with Crippen LogP contribution in [0.15, 0.2) is 18.5 Å². The van der Waals surface area contributed by atoms with Crippen molar-refractivity contribution >= 4 is 5.78 Å². The van der Waals surface area contributed by atoms with Crippen molar-refractivity contribution in [2.24, 2.45) is 0 Å². The molecule has 0 fully saturated rings. The van der Waals surface area contributed by atoms with Gasteiger partial charge in [0.2, 0.25) is 0 Å². The average molecular weight is 209 g/mol. The molecule has 1 aromatic heterocycles. The maximum Gasteiger partial charge on any atom is 0.161 e. The predicted octanol–water partition coefficient (Wildman–Crippen LogP) is 2.51. The monoisotopic (exact) mass is 209 g/mol. The maximum atomic E-state index is 11.1. The van der Waals surface area contributed by atoms with Gasteiger partial charge in [0.15, 0.2) is 5.78 Å². The molecule has 0 saturated carbocycles. The molecule has 0 aromatic carbocycles. The summed E-state index contributed by atoms with van der Waals surface area (Å²) in [6.07, 6.45) is 4.74. The van der Waals surface area contributed by atoms with Gasteiger partial charge in [0.25, 0.3) is 0 Å². The number of aromatic nitrogens is 1. The van der Waals surface area contributed by atoms with Gasteiger partial charge < -0.3 is 9.30 Å². The number of Topliss-reactive ketones (excluding diaryl/α,β-unsaturated/α-hetero) is 1. The van der Waals surface area contributed by atoms with Crippen LogP contribution in [0.3, 0.4) is 0 Å². The van der Waals surface area contributed by atoms with E-state index >= 15 is 0 Å². The molecular weight excluding hydrogens is 190 g/mol. The highest BCUT2D eigenvalue weighted by Crippen LogP contribution is 2.14. The first-order valence-electron chi connectivity index (χ1n) is 5.16. The van der Waals surface area contributed by atoms with E-state index in [0.29, 0.717) is 0 Å². The number of nitrogens with zero attached hydrogens (tertiary/aromatic N) is 1. The molecule has 1 rings (SSSR count). The highest BCUT2D eigenvalue weighted by Gasteiger charge is 2.15. The fourth-order valence-electron chi connectivity index (χ4n) is 1.29. The molecule has 3 nitrogen and oxygen atoms in total. The number of rotatable bonds is 5. The summed E-state index contributed by atoms with van der Waals surface area (Å²) in [5.41, 5.74) is 0.658. The van der Waals surface area contributed by atoms with Crippen molar-refractivity contribution < 1.29 is 9.53 Å². The van der Waals surface area contributed by atoms with Crippen LogP contribution in [0.2, 0.25) is 0 Å². The van der Waals surface area contributed by atoms with Crippen LogP contribution in [0.25, 0.3) is 0 Å². The molecule has 0 aliphatic heterocycles. The number of carbonyl (C=O) groups excluding carboxylic acids is 1. The lowest BCUT2D eigenvalue weighted by atomic mass is 10.1. The first kappa shape index (κ1) is 12.0. The minimum Gasteiger partial charge on any atom is -0.379 e. The van der Waals surface area contributed by atoms with Crippen LogP contribution >= 0.6 is 0 Å². The van der Waals surface area contributed by atoms with E-state index in [-0.39, 0.29) is 11.4 Å². The smallest absolute Gasteiger partial charge is 0.161 e. The summed E-state index contributed by atoms with van der Waals surface area (Å²) in [6.45, 7) is 6.57. The molecule has 0 unspecified atom stereocenters. The van der Waals surface area contributed by atoms with Crippen LogP contribution < -0.4 is 0 Å². The zero-order chi connectivity index (χ0) is 11.5. The first-order chi connectivity index (χ1) is 6.94. The molecule has 0 aliphatic rings. The number of hydrogen-bond donors (Lipinski definition) is 0.